The summed E-state index contributed by atoms with van der Waals surface area (Å²) in [6.45, 7) is 0. The van der Waals surface area contributed by atoms with Crippen LogP contribution in [0.4, 0.5) is 0 Å². The molecule has 12 rings (SSSR count). The van der Waals surface area contributed by atoms with E-state index in [-0.39, 0.29) is 0 Å². The third-order valence-electron chi connectivity index (χ3n) is 11.0. The molecule has 12 aromatic rings. The second-order valence-corrected chi connectivity index (χ2v) is 15.4. The van der Waals surface area contributed by atoms with Crippen molar-refractivity contribution >= 4 is 75.4 Å². The van der Waals surface area contributed by atoms with Gasteiger partial charge in [-0.05, 0) is 70.8 Å². The highest BCUT2D eigenvalue weighted by molar-refractivity contribution is 7.26. The zero-order chi connectivity index (χ0) is 37.5. The maximum Gasteiger partial charge on any atom is 0.167 e. The first-order valence-corrected chi connectivity index (χ1v) is 19.7. The van der Waals surface area contributed by atoms with Gasteiger partial charge in [0.1, 0.15) is 22.3 Å². The van der Waals surface area contributed by atoms with E-state index >= 15 is 0 Å². The molecule has 0 radical (unpaired) electrons. The molecule has 0 aliphatic rings. The summed E-state index contributed by atoms with van der Waals surface area (Å²) in [4.78, 5) is 15.4. The lowest BCUT2D eigenvalue weighted by molar-refractivity contribution is 0.668. The van der Waals surface area contributed by atoms with Crippen LogP contribution in [0.25, 0.3) is 120 Å². The molecule has 0 saturated carbocycles. The Morgan fingerprint density at radius 3 is 1.84 bits per heavy atom. The van der Waals surface area contributed by atoms with Gasteiger partial charge < -0.3 is 8.83 Å². The third kappa shape index (κ3) is 5.12. The molecule has 8 aromatic carbocycles. The molecule has 4 heterocycles. The number of nitrogens with zero attached hydrogens (tertiary/aromatic N) is 3. The predicted octanol–water partition coefficient (Wildman–Crippen LogP) is 14.4. The molecular formula is C51H29N3O2S. The quantitative estimate of drug-likeness (QED) is 0.175. The van der Waals surface area contributed by atoms with Gasteiger partial charge in [-0.1, -0.05) is 127 Å². The Morgan fingerprint density at radius 2 is 0.965 bits per heavy atom. The highest BCUT2D eigenvalue weighted by Gasteiger charge is 2.21. The summed E-state index contributed by atoms with van der Waals surface area (Å²) in [5, 5.41) is 6.56. The molecular weight excluding hydrogens is 719 g/mol. The summed E-state index contributed by atoms with van der Waals surface area (Å²) in [6, 6.07) is 61.0. The smallest absolute Gasteiger partial charge is 0.167 e. The Labute approximate surface area is 330 Å². The summed E-state index contributed by atoms with van der Waals surface area (Å²) in [7, 11) is 0. The van der Waals surface area contributed by atoms with Gasteiger partial charge in [-0.15, -0.1) is 11.3 Å². The molecule has 0 bridgehead atoms. The highest BCUT2D eigenvalue weighted by atomic mass is 32.1. The molecule has 6 heteroatoms. The molecule has 0 atom stereocenters. The van der Waals surface area contributed by atoms with Gasteiger partial charge in [0.05, 0.1) is 5.56 Å². The summed E-state index contributed by atoms with van der Waals surface area (Å²) < 4.78 is 15.5. The van der Waals surface area contributed by atoms with E-state index in [2.05, 4.69) is 103 Å². The van der Waals surface area contributed by atoms with Crippen LogP contribution in [-0.2, 0) is 0 Å². The maximum atomic E-state index is 6.55. The van der Waals surface area contributed by atoms with Crippen molar-refractivity contribution in [2.24, 2.45) is 0 Å². The van der Waals surface area contributed by atoms with Gasteiger partial charge in [-0.25, -0.2) is 15.0 Å². The van der Waals surface area contributed by atoms with Gasteiger partial charge in [0.2, 0.25) is 0 Å². The number of hydrogen-bond donors (Lipinski definition) is 0. The first-order valence-electron chi connectivity index (χ1n) is 18.9. The fourth-order valence-corrected chi connectivity index (χ4v) is 9.43. The second kappa shape index (κ2) is 12.6. The summed E-state index contributed by atoms with van der Waals surface area (Å²) in [6.07, 6.45) is 0. The van der Waals surface area contributed by atoms with Gasteiger partial charge in [-0.3, -0.25) is 0 Å². The molecule has 0 spiro atoms. The van der Waals surface area contributed by atoms with Crippen molar-refractivity contribution in [3.05, 3.63) is 176 Å². The molecule has 57 heavy (non-hydrogen) atoms. The third-order valence-corrected chi connectivity index (χ3v) is 12.1. The Hall–Kier alpha value is -7.41. The Bertz CT molecular complexity index is 3530. The second-order valence-electron chi connectivity index (χ2n) is 14.3. The average molecular weight is 748 g/mol. The Kier molecular flexibility index (Phi) is 7.03. The summed E-state index contributed by atoms with van der Waals surface area (Å²) >= 11 is 1.83. The van der Waals surface area contributed by atoms with E-state index in [1.807, 2.05) is 84.1 Å². The molecule has 0 saturated heterocycles. The zero-order valence-corrected chi connectivity index (χ0v) is 31.1. The van der Waals surface area contributed by atoms with E-state index in [0.717, 1.165) is 66.1 Å². The van der Waals surface area contributed by atoms with Gasteiger partial charge in [0.25, 0.3) is 0 Å². The van der Waals surface area contributed by atoms with E-state index < -0.39 is 0 Å². The fourth-order valence-electron chi connectivity index (χ4n) is 8.31. The number of hydrogen-bond acceptors (Lipinski definition) is 6. The molecule has 0 unspecified atom stereocenters. The lowest BCUT2D eigenvalue weighted by atomic mass is 9.96. The molecule has 266 valence electrons. The topological polar surface area (TPSA) is 65.0 Å². The van der Waals surface area contributed by atoms with E-state index in [1.165, 1.54) is 36.9 Å². The average Bonchev–Trinajstić information content (AvgIpc) is 3.97. The predicted molar refractivity (Wildman–Crippen MR) is 234 cm³/mol. The molecule has 4 aromatic heterocycles. The van der Waals surface area contributed by atoms with E-state index in [1.54, 1.807) is 0 Å². The van der Waals surface area contributed by atoms with Crippen LogP contribution >= 0.6 is 11.3 Å². The van der Waals surface area contributed by atoms with Crippen LogP contribution in [0.15, 0.2) is 185 Å². The number of rotatable bonds is 5. The number of benzene rings is 8. The summed E-state index contributed by atoms with van der Waals surface area (Å²) in [5.74, 6) is 1.69. The largest absolute Gasteiger partial charge is 0.456 e. The van der Waals surface area contributed by atoms with Crippen molar-refractivity contribution in [3.8, 4) is 56.4 Å². The summed E-state index contributed by atoms with van der Waals surface area (Å²) in [5.41, 5.74) is 10.4. The first kappa shape index (κ1) is 31.9. The van der Waals surface area contributed by atoms with Gasteiger partial charge in [0, 0.05) is 52.8 Å². The minimum absolute atomic E-state index is 0.542. The lowest BCUT2D eigenvalue weighted by Crippen LogP contribution is -2.00. The van der Waals surface area contributed by atoms with Crippen molar-refractivity contribution in [1.82, 2.24) is 15.0 Å². The van der Waals surface area contributed by atoms with Crippen LogP contribution in [0, 0.1) is 0 Å². The Balaban J connectivity index is 1.07. The maximum absolute atomic E-state index is 6.55. The molecule has 0 aliphatic heterocycles. The zero-order valence-electron chi connectivity index (χ0n) is 30.3. The van der Waals surface area contributed by atoms with Crippen molar-refractivity contribution in [2.45, 2.75) is 0 Å². The van der Waals surface area contributed by atoms with E-state index in [9.17, 15) is 0 Å². The Morgan fingerprint density at radius 1 is 0.333 bits per heavy atom. The number of para-hydroxylation sites is 2. The minimum Gasteiger partial charge on any atom is -0.456 e. The van der Waals surface area contributed by atoms with Crippen molar-refractivity contribution in [1.29, 1.82) is 0 Å². The molecule has 0 amide bonds. The number of fused-ring (bicyclic) bond motifs is 9. The molecule has 5 nitrogen and oxygen atoms in total. The molecule has 0 N–H and O–H groups in total. The fraction of sp³-hybridized carbons (Fsp3) is 0. The van der Waals surface area contributed by atoms with Crippen molar-refractivity contribution < 1.29 is 8.83 Å². The standard InChI is InChI=1S/C51H29N3O2S/c1-3-12-30(13-4-1)32-25-27-44-40(28-32)47-34(17-11-23-45(47)57-44)33-24-26-42-39(29-33)46-37(19-10-22-43(46)55-42)50-52-49(31-14-5-2-6-15-31)53-51(54-50)38-20-9-18-36-35-16-7-8-21-41(35)56-48(36)38/h1-29H. The van der Waals surface area contributed by atoms with Gasteiger partial charge >= 0.3 is 0 Å². The number of aromatic nitrogens is 3. The lowest BCUT2D eigenvalue weighted by Gasteiger charge is -2.10. The normalized spacial score (nSPS) is 11.9. The van der Waals surface area contributed by atoms with Crippen LogP contribution in [-0.4, -0.2) is 15.0 Å². The number of thiophene rings is 1. The van der Waals surface area contributed by atoms with Crippen molar-refractivity contribution in [2.75, 3.05) is 0 Å². The molecule has 0 aliphatic carbocycles. The van der Waals surface area contributed by atoms with Gasteiger partial charge in [-0.2, -0.15) is 0 Å². The minimum atomic E-state index is 0.542. The molecule has 0 fully saturated rings. The van der Waals surface area contributed by atoms with E-state index in [4.69, 9.17) is 23.8 Å². The van der Waals surface area contributed by atoms with Gasteiger partial charge in [0.15, 0.2) is 17.5 Å². The number of furan rings is 2. The van der Waals surface area contributed by atoms with Crippen molar-refractivity contribution in [3.63, 3.8) is 0 Å². The SMILES string of the molecule is c1ccc(-c2ccc3sc4cccc(-c5ccc6oc7cccc(-c8nc(-c9ccccc9)nc(-c9cccc%10c9oc9ccccc9%10)n8)c7c6c5)c4c3c2)cc1. The van der Waals surface area contributed by atoms with E-state index in [0.29, 0.717) is 17.5 Å². The van der Waals surface area contributed by atoms with Crippen LogP contribution in [0.2, 0.25) is 0 Å². The highest BCUT2D eigenvalue weighted by Crippen LogP contribution is 2.44. The monoisotopic (exact) mass is 747 g/mol. The first-order chi connectivity index (χ1) is 28.2. The van der Waals surface area contributed by atoms with Crippen LogP contribution < -0.4 is 0 Å². The van der Waals surface area contributed by atoms with Crippen LogP contribution in [0.1, 0.15) is 0 Å². The van der Waals surface area contributed by atoms with Crippen LogP contribution in [0.5, 0.6) is 0 Å². The van der Waals surface area contributed by atoms with Crippen LogP contribution in [0.3, 0.4) is 0 Å².